The van der Waals surface area contributed by atoms with E-state index in [2.05, 4.69) is 23.8 Å². The van der Waals surface area contributed by atoms with Crippen LogP contribution < -0.4 is 9.64 Å². The van der Waals surface area contributed by atoms with Crippen molar-refractivity contribution >= 4 is 17.4 Å². The van der Waals surface area contributed by atoms with Gasteiger partial charge in [-0.25, -0.2) is 9.97 Å². The molecule has 0 aliphatic heterocycles. The van der Waals surface area contributed by atoms with Gasteiger partial charge in [-0.1, -0.05) is 18.5 Å². The van der Waals surface area contributed by atoms with Crippen molar-refractivity contribution in [2.75, 3.05) is 19.1 Å². The van der Waals surface area contributed by atoms with Gasteiger partial charge in [0.15, 0.2) is 16.7 Å². The van der Waals surface area contributed by atoms with E-state index in [1.165, 1.54) is 6.33 Å². The highest BCUT2D eigenvalue weighted by Crippen LogP contribution is 2.31. The maximum absolute atomic E-state index is 5.92. The Morgan fingerprint density at radius 2 is 2.20 bits per heavy atom. The summed E-state index contributed by atoms with van der Waals surface area (Å²) in [6, 6.07) is 0.380. The molecule has 0 aliphatic rings. The normalized spacial score (nSPS) is 12.3. The van der Waals surface area contributed by atoms with Crippen molar-refractivity contribution < 1.29 is 4.74 Å². The number of aromatic nitrogens is 2. The van der Waals surface area contributed by atoms with Gasteiger partial charge >= 0.3 is 0 Å². The van der Waals surface area contributed by atoms with Crippen molar-refractivity contribution in [1.29, 1.82) is 0 Å². The molecule has 0 N–H and O–H groups in total. The fraction of sp³-hybridized carbons (Fsp3) is 0.600. The summed E-state index contributed by atoms with van der Waals surface area (Å²) in [6.45, 7) is 4.24. The molecule has 0 aromatic carbocycles. The average Bonchev–Trinajstić information content (AvgIpc) is 2.26. The van der Waals surface area contributed by atoms with E-state index >= 15 is 0 Å². The Morgan fingerprint density at radius 1 is 1.53 bits per heavy atom. The van der Waals surface area contributed by atoms with E-state index in [0.29, 0.717) is 16.9 Å². The van der Waals surface area contributed by atoms with Crippen LogP contribution in [0.2, 0.25) is 5.15 Å². The molecule has 0 spiro atoms. The van der Waals surface area contributed by atoms with Gasteiger partial charge in [-0.3, -0.25) is 0 Å². The second kappa shape index (κ2) is 5.16. The molecule has 1 aromatic rings. The summed E-state index contributed by atoms with van der Waals surface area (Å²) in [5.74, 6) is 1.26. The summed E-state index contributed by atoms with van der Waals surface area (Å²) in [7, 11) is 3.54. The number of hydrogen-bond donors (Lipinski definition) is 0. The quantitative estimate of drug-likeness (QED) is 0.743. The van der Waals surface area contributed by atoms with Crippen LogP contribution in [0.5, 0.6) is 5.75 Å². The summed E-state index contributed by atoms with van der Waals surface area (Å²) in [5, 5.41) is 0.345. The minimum atomic E-state index is 0.345. The van der Waals surface area contributed by atoms with Crippen LogP contribution in [-0.2, 0) is 0 Å². The Hall–Kier alpha value is -1.03. The standard InChI is InChI=1S/C10H16ClN3O/c1-5-7(2)14(3)10-8(15-4)9(11)12-6-13-10/h6-7H,5H2,1-4H3. The molecule has 1 atom stereocenters. The third-order valence-electron chi connectivity index (χ3n) is 2.53. The highest BCUT2D eigenvalue weighted by molar-refractivity contribution is 6.31. The van der Waals surface area contributed by atoms with Crippen molar-refractivity contribution in [3.63, 3.8) is 0 Å². The van der Waals surface area contributed by atoms with Crippen molar-refractivity contribution in [2.24, 2.45) is 0 Å². The summed E-state index contributed by atoms with van der Waals surface area (Å²) in [5.41, 5.74) is 0. The van der Waals surface area contributed by atoms with Gasteiger partial charge in [0.05, 0.1) is 7.11 Å². The van der Waals surface area contributed by atoms with Crippen LogP contribution in [0.4, 0.5) is 5.82 Å². The first kappa shape index (κ1) is 12.0. The summed E-state index contributed by atoms with van der Waals surface area (Å²) >= 11 is 5.92. The molecule has 4 nitrogen and oxygen atoms in total. The summed E-state index contributed by atoms with van der Waals surface area (Å²) in [4.78, 5) is 10.1. The van der Waals surface area contributed by atoms with Gasteiger partial charge in [-0.05, 0) is 13.3 Å². The fourth-order valence-corrected chi connectivity index (χ4v) is 1.46. The number of methoxy groups -OCH3 is 1. The van der Waals surface area contributed by atoms with E-state index in [4.69, 9.17) is 16.3 Å². The van der Waals surface area contributed by atoms with Gasteiger partial charge in [-0.2, -0.15) is 0 Å². The van der Waals surface area contributed by atoms with Gasteiger partial charge in [-0.15, -0.1) is 0 Å². The van der Waals surface area contributed by atoms with Gasteiger partial charge in [0, 0.05) is 13.1 Å². The fourth-order valence-electron chi connectivity index (χ4n) is 1.25. The van der Waals surface area contributed by atoms with Crippen LogP contribution in [0.25, 0.3) is 0 Å². The zero-order chi connectivity index (χ0) is 11.4. The molecule has 15 heavy (non-hydrogen) atoms. The molecule has 1 rings (SSSR count). The molecule has 0 fully saturated rings. The first-order valence-electron chi connectivity index (χ1n) is 4.89. The van der Waals surface area contributed by atoms with Crippen LogP contribution >= 0.6 is 11.6 Å². The number of rotatable bonds is 4. The number of hydrogen-bond acceptors (Lipinski definition) is 4. The van der Waals surface area contributed by atoms with Gasteiger partial charge < -0.3 is 9.64 Å². The third-order valence-corrected chi connectivity index (χ3v) is 2.80. The highest BCUT2D eigenvalue weighted by atomic mass is 35.5. The maximum Gasteiger partial charge on any atom is 0.199 e. The van der Waals surface area contributed by atoms with Crippen molar-refractivity contribution in [3.8, 4) is 5.75 Å². The maximum atomic E-state index is 5.92. The largest absolute Gasteiger partial charge is 0.490 e. The molecule has 84 valence electrons. The van der Waals surface area contributed by atoms with E-state index in [1.807, 2.05) is 11.9 Å². The first-order chi connectivity index (χ1) is 7.11. The first-order valence-corrected chi connectivity index (χ1v) is 5.26. The number of anilines is 1. The second-order valence-electron chi connectivity index (χ2n) is 3.39. The lowest BCUT2D eigenvalue weighted by Crippen LogP contribution is -2.29. The van der Waals surface area contributed by atoms with Crippen LogP contribution in [0.15, 0.2) is 6.33 Å². The van der Waals surface area contributed by atoms with E-state index in [9.17, 15) is 0 Å². The molecule has 0 aliphatic carbocycles. The monoisotopic (exact) mass is 229 g/mol. The minimum absolute atomic E-state index is 0.345. The zero-order valence-corrected chi connectivity index (χ0v) is 10.2. The molecule has 0 saturated heterocycles. The third kappa shape index (κ3) is 2.50. The molecule has 5 heteroatoms. The number of halogens is 1. The topological polar surface area (TPSA) is 38.2 Å². The van der Waals surface area contributed by atoms with Crippen molar-refractivity contribution in [3.05, 3.63) is 11.5 Å². The Bertz CT molecular complexity index is 332. The summed E-state index contributed by atoms with van der Waals surface area (Å²) in [6.07, 6.45) is 2.47. The van der Waals surface area contributed by atoms with Gasteiger partial charge in [0.25, 0.3) is 0 Å². The predicted octanol–water partition coefficient (Wildman–Crippen LogP) is 2.37. The molecule has 0 bridgehead atoms. The Labute approximate surface area is 95.2 Å². The Morgan fingerprint density at radius 3 is 2.73 bits per heavy atom. The zero-order valence-electron chi connectivity index (χ0n) is 9.49. The lowest BCUT2D eigenvalue weighted by Gasteiger charge is -2.26. The lowest BCUT2D eigenvalue weighted by atomic mass is 10.2. The molecule has 1 unspecified atom stereocenters. The van der Waals surface area contributed by atoms with Crippen molar-refractivity contribution in [2.45, 2.75) is 26.3 Å². The second-order valence-corrected chi connectivity index (χ2v) is 3.75. The highest BCUT2D eigenvalue weighted by Gasteiger charge is 2.17. The van der Waals surface area contributed by atoms with E-state index in [0.717, 1.165) is 12.2 Å². The molecule has 1 heterocycles. The SMILES string of the molecule is CCC(C)N(C)c1ncnc(Cl)c1OC. The smallest absolute Gasteiger partial charge is 0.199 e. The number of ether oxygens (including phenoxy) is 1. The summed E-state index contributed by atoms with van der Waals surface area (Å²) < 4.78 is 5.19. The van der Waals surface area contributed by atoms with Crippen LogP contribution in [0, 0.1) is 0 Å². The predicted molar refractivity (Wildman–Crippen MR) is 61.8 cm³/mol. The molecule has 0 radical (unpaired) electrons. The lowest BCUT2D eigenvalue weighted by molar-refractivity contribution is 0.409. The molecular formula is C10H16ClN3O. The molecule has 1 aromatic heterocycles. The van der Waals surface area contributed by atoms with Crippen LogP contribution in [-0.4, -0.2) is 30.2 Å². The molecular weight excluding hydrogens is 214 g/mol. The van der Waals surface area contributed by atoms with Gasteiger partial charge in [0.1, 0.15) is 6.33 Å². The Balaban J connectivity index is 3.07. The van der Waals surface area contributed by atoms with E-state index < -0.39 is 0 Å². The Kier molecular flexibility index (Phi) is 4.15. The van der Waals surface area contributed by atoms with Crippen molar-refractivity contribution in [1.82, 2.24) is 9.97 Å². The van der Waals surface area contributed by atoms with Crippen LogP contribution in [0.3, 0.4) is 0 Å². The van der Waals surface area contributed by atoms with E-state index in [1.54, 1.807) is 7.11 Å². The minimum Gasteiger partial charge on any atom is -0.490 e. The molecule has 0 saturated carbocycles. The van der Waals surface area contributed by atoms with E-state index in [-0.39, 0.29) is 0 Å². The van der Waals surface area contributed by atoms with Gasteiger partial charge in [0.2, 0.25) is 0 Å². The number of nitrogens with zero attached hydrogens (tertiary/aromatic N) is 3. The molecule has 0 amide bonds. The average molecular weight is 230 g/mol. The van der Waals surface area contributed by atoms with Crippen LogP contribution in [0.1, 0.15) is 20.3 Å².